The third-order valence-electron chi connectivity index (χ3n) is 3.26. The van der Waals surface area contributed by atoms with Crippen LogP contribution in [0.2, 0.25) is 0 Å². The van der Waals surface area contributed by atoms with Gasteiger partial charge in [-0.2, -0.15) is 0 Å². The highest BCUT2D eigenvalue weighted by molar-refractivity contribution is 9.10. The lowest BCUT2D eigenvalue weighted by molar-refractivity contribution is 0.0924. The van der Waals surface area contributed by atoms with Crippen molar-refractivity contribution < 1.29 is 4.79 Å². The number of hydrogen-bond donors (Lipinski definition) is 1. The van der Waals surface area contributed by atoms with E-state index in [2.05, 4.69) is 53.9 Å². The molecule has 3 nitrogen and oxygen atoms in total. The van der Waals surface area contributed by atoms with Gasteiger partial charge >= 0.3 is 0 Å². The fraction of sp³-hybridized carbons (Fsp3) is 0.538. The standard InChI is InChI=1S/C13H19BrN2O/c1-9(2)13(3,4)8-16-12(17)10-5-6-15-11(14)7-10/h5-7,9H,8H2,1-4H3,(H,16,17). The summed E-state index contributed by atoms with van der Waals surface area (Å²) in [5.41, 5.74) is 0.728. The van der Waals surface area contributed by atoms with E-state index in [0.29, 0.717) is 22.6 Å². The molecule has 4 heteroatoms. The molecule has 0 saturated carbocycles. The van der Waals surface area contributed by atoms with Crippen molar-refractivity contribution >= 4 is 21.8 Å². The summed E-state index contributed by atoms with van der Waals surface area (Å²) < 4.78 is 0.674. The first-order chi connectivity index (χ1) is 7.83. The lowest BCUT2D eigenvalue weighted by Crippen LogP contribution is -2.36. The van der Waals surface area contributed by atoms with Crippen LogP contribution in [-0.2, 0) is 0 Å². The highest BCUT2D eigenvalue weighted by Gasteiger charge is 2.23. The van der Waals surface area contributed by atoms with Crippen molar-refractivity contribution in [3.05, 3.63) is 28.5 Å². The number of nitrogens with one attached hydrogen (secondary N) is 1. The summed E-state index contributed by atoms with van der Waals surface area (Å²) in [4.78, 5) is 15.9. The molecule has 1 rings (SSSR count). The van der Waals surface area contributed by atoms with Crippen molar-refractivity contribution in [2.45, 2.75) is 27.7 Å². The molecule has 0 radical (unpaired) electrons. The Labute approximate surface area is 111 Å². The van der Waals surface area contributed by atoms with Gasteiger partial charge in [-0.3, -0.25) is 4.79 Å². The average molecular weight is 299 g/mol. The van der Waals surface area contributed by atoms with Crippen LogP contribution in [0.3, 0.4) is 0 Å². The first-order valence-electron chi connectivity index (χ1n) is 5.72. The van der Waals surface area contributed by atoms with Gasteiger partial charge in [-0.1, -0.05) is 27.7 Å². The summed E-state index contributed by atoms with van der Waals surface area (Å²) in [6.45, 7) is 9.30. The quantitative estimate of drug-likeness (QED) is 0.867. The summed E-state index contributed by atoms with van der Waals surface area (Å²) in [5.74, 6) is 0.466. The second kappa shape index (κ2) is 5.63. The van der Waals surface area contributed by atoms with Crippen LogP contribution in [-0.4, -0.2) is 17.4 Å². The molecule has 0 aromatic carbocycles. The molecule has 0 unspecified atom stereocenters. The molecule has 17 heavy (non-hydrogen) atoms. The minimum atomic E-state index is -0.0539. The third kappa shape index (κ3) is 4.11. The Morgan fingerprint density at radius 3 is 2.71 bits per heavy atom. The molecule has 0 saturated heterocycles. The molecule has 0 aliphatic carbocycles. The van der Waals surface area contributed by atoms with Gasteiger partial charge in [0.2, 0.25) is 0 Å². The molecule has 1 heterocycles. The molecular formula is C13H19BrN2O. The van der Waals surface area contributed by atoms with Crippen LogP contribution in [0, 0.1) is 11.3 Å². The van der Waals surface area contributed by atoms with E-state index in [1.54, 1.807) is 18.3 Å². The number of pyridine rings is 1. The maximum Gasteiger partial charge on any atom is 0.251 e. The van der Waals surface area contributed by atoms with E-state index < -0.39 is 0 Å². The number of rotatable bonds is 4. The zero-order chi connectivity index (χ0) is 13.1. The topological polar surface area (TPSA) is 42.0 Å². The molecule has 1 aromatic heterocycles. The SMILES string of the molecule is CC(C)C(C)(C)CNC(=O)c1ccnc(Br)c1. The van der Waals surface area contributed by atoms with E-state index in [-0.39, 0.29) is 11.3 Å². The van der Waals surface area contributed by atoms with Gasteiger partial charge in [0.15, 0.2) is 0 Å². The van der Waals surface area contributed by atoms with Crippen LogP contribution in [0.25, 0.3) is 0 Å². The van der Waals surface area contributed by atoms with Gasteiger partial charge in [0.1, 0.15) is 4.60 Å². The molecule has 94 valence electrons. The Bertz CT molecular complexity index is 402. The molecule has 1 aromatic rings. The molecule has 0 aliphatic heterocycles. The zero-order valence-electron chi connectivity index (χ0n) is 10.7. The Kier molecular flexibility index (Phi) is 4.69. The van der Waals surface area contributed by atoms with Crippen LogP contribution >= 0.6 is 15.9 Å². The van der Waals surface area contributed by atoms with Crippen LogP contribution in [0.4, 0.5) is 0 Å². The fourth-order valence-corrected chi connectivity index (χ4v) is 1.52. The van der Waals surface area contributed by atoms with Crippen molar-refractivity contribution in [3.8, 4) is 0 Å². The van der Waals surface area contributed by atoms with E-state index in [4.69, 9.17) is 0 Å². The Morgan fingerprint density at radius 1 is 1.53 bits per heavy atom. The van der Waals surface area contributed by atoms with Crippen molar-refractivity contribution in [3.63, 3.8) is 0 Å². The first kappa shape index (κ1) is 14.2. The lowest BCUT2D eigenvalue weighted by Gasteiger charge is -2.29. The minimum Gasteiger partial charge on any atom is -0.351 e. The minimum absolute atomic E-state index is 0.0539. The van der Waals surface area contributed by atoms with Crippen molar-refractivity contribution in [1.82, 2.24) is 10.3 Å². The summed E-state index contributed by atoms with van der Waals surface area (Å²) >= 11 is 3.25. The average Bonchev–Trinajstić information content (AvgIpc) is 2.25. The monoisotopic (exact) mass is 298 g/mol. The van der Waals surface area contributed by atoms with Gasteiger partial charge in [-0.25, -0.2) is 4.98 Å². The normalized spacial score (nSPS) is 11.6. The maximum absolute atomic E-state index is 11.9. The fourth-order valence-electron chi connectivity index (χ4n) is 1.16. The predicted molar refractivity (Wildman–Crippen MR) is 72.9 cm³/mol. The van der Waals surface area contributed by atoms with Crippen LogP contribution < -0.4 is 5.32 Å². The highest BCUT2D eigenvalue weighted by Crippen LogP contribution is 2.24. The molecule has 0 aliphatic rings. The summed E-state index contributed by atoms with van der Waals surface area (Å²) in [6, 6.07) is 3.43. The van der Waals surface area contributed by atoms with Crippen molar-refractivity contribution in [2.75, 3.05) is 6.54 Å². The molecule has 1 amide bonds. The van der Waals surface area contributed by atoms with Crippen LogP contribution in [0.5, 0.6) is 0 Å². The second-order valence-corrected chi connectivity index (χ2v) is 6.01. The van der Waals surface area contributed by atoms with Crippen molar-refractivity contribution in [2.24, 2.45) is 11.3 Å². The predicted octanol–water partition coefficient (Wildman–Crippen LogP) is 3.26. The van der Waals surface area contributed by atoms with Gasteiger partial charge in [0, 0.05) is 18.3 Å². The van der Waals surface area contributed by atoms with Gasteiger partial charge in [-0.05, 0) is 39.4 Å². The van der Waals surface area contributed by atoms with Gasteiger partial charge in [0.25, 0.3) is 5.91 Å². The Morgan fingerprint density at radius 2 is 2.18 bits per heavy atom. The highest BCUT2D eigenvalue weighted by atomic mass is 79.9. The van der Waals surface area contributed by atoms with Crippen molar-refractivity contribution in [1.29, 1.82) is 0 Å². The molecule has 0 spiro atoms. The number of carbonyl (C=O) groups excluding carboxylic acids is 1. The maximum atomic E-state index is 11.9. The number of nitrogens with zero attached hydrogens (tertiary/aromatic N) is 1. The number of amides is 1. The summed E-state index contributed by atoms with van der Waals surface area (Å²) in [7, 11) is 0. The number of aromatic nitrogens is 1. The molecule has 0 bridgehead atoms. The smallest absolute Gasteiger partial charge is 0.251 e. The largest absolute Gasteiger partial charge is 0.351 e. The van der Waals surface area contributed by atoms with E-state index in [1.165, 1.54) is 0 Å². The molecule has 0 atom stereocenters. The third-order valence-corrected chi connectivity index (χ3v) is 3.69. The second-order valence-electron chi connectivity index (χ2n) is 5.19. The van der Waals surface area contributed by atoms with Crippen LogP contribution in [0.15, 0.2) is 22.9 Å². The van der Waals surface area contributed by atoms with E-state index in [0.717, 1.165) is 0 Å². The summed E-state index contributed by atoms with van der Waals surface area (Å²) in [6.07, 6.45) is 1.62. The number of carbonyl (C=O) groups is 1. The lowest BCUT2D eigenvalue weighted by atomic mass is 9.81. The molecule has 1 N–H and O–H groups in total. The summed E-state index contributed by atoms with van der Waals surface area (Å²) in [5, 5.41) is 2.96. The van der Waals surface area contributed by atoms with Gasteiger partial charge in [-0.15, -0.1) is 0 Å². The first-order valence-corrected chi connectivity index (χ1v) is 6.52. The zero-order valence-corrected chi connectivity index (χ0v) is 12.3. The Hall–Kier alpha value is -0.900. The molecular weight excluding hydrogens is 280 g/mol. The van der Waals surface area contributed by atoms with Crippen LogP contribution in [0.1, 0.15) is 38.1 Å². The number of hydrogen-bond acceptors (Lipinski definition) is 2. The Balaban J connectivity index is 2.62. The van der Waals surface area contributed by atoms with E-state index in [1.807, 2.05) is 0 Å². The number of halogens is 1. The van der Waals surface area contributed by atoms with Gasteiger partial charge in [0.05, 0.1) is 0 Å². The molecule has 0 fully saturated rings. The van der Waals surface area contributed by atoms with Gasteiger partial charge < -0.3 is 5.32 Å². The van der Waals surface area contributed by atoms with E-state index >= 15 is 0 Å². The van der Waals surface area contributed by atoms with E-state index in [9.17, 15) is 4.79 Å².